The number of hydrogen-bond donors (Lipinski definition) is 1. The number of carbonyl (C=O) groups excluding carboxylic acids is 1. The largest absolute Gasteiger partial charge is 0.348 e. The molecule has 1 aliphatic carbocycles. The summed E-state index contributed by atoms with van der Waals surface area (Å²) in [6.45, 7) is 6.72. The Balaban J connectivity index is 1.66. The first-order valence-electron chi connectivity index (χ1n) is 9.56. The van der Waals surface area contributed by atoms with E-state index in [2.05, 4.69) is 50.4 Å². The van der Waals surface area contributed by atoms with Crippen LogP contribution in [0.1, 0.15) is 62.4 Å². The molecule has 1 amide bonds. The van der Waals surface area contributed by atoms with E-state index in [-0.39, 0.29) is 17.4 Å². The molecule has 1 saturated carbocycles. The topological polar surface area (TPSA) is 29.1 Å². The minimum Gasteiger partial charge on any atom is -0.348 e. The van der Waals surface area contributed by atoms with E-state index in [4.69, 9.17) is 0 Å². The molecule has 2 aromatic carbocycles. The molecule has 3 rings (SSSR count). The van der Waals surface area contributed by atoms with Crippen molar-refractivity contribution in [2.24, 2.45) is 0 Å². The van der Waals surface area contributed by atoms with E-state index < -0.39 is 0 Å². The number of benzene rings is 2. The zero-order valence-electron chi connectivity index (χ0n) is 16.0. The van der Waals surface area contributed by atoms with Crippen molar-refractivity contribution in [2.75, 3.05) is 0 Å². The number of thioether (sulfide) groups is 1. The Labute approximate surface area is 161 Å². The fourth-order valence-corrected chi connectivity index (χ4v) is 4.75. The van der Waals surface area contributed by atoms with Crippen molar-refractivity contribution in [2.45, 2.75) is 68.1 Å². The third-order valence-electron chi connectivity index (χ3n) is 5.06. The summed E-state index contributed by atoms with van der Waals surface area (Å²) >= 11 is 1.91. The van der Waals surface area contributed by atoms with Crippen molar-refractivity contribution in [3.8, 4) is 0 Å². The second kappa shape index (κ2) is 8.30. The van der Waals surface area contributed by atoms with Gasteiger partial charge in [0.2, 0.25) is 0 Å². The highest BCUT2D eigenvalue weighted by Crippen LogP contribution is 2.35. The van der Waals surface area contributed by atoms with Gasteiger partial charge in [0, 0.05) is 21.8 Å². The molecule has 26 heavy (non-hydrogen) atoms. The molecular formula is C23H29NOS. The second-order valence-electron chi connectivity index (χ2n) is 8.16. The highest BCUT2D eigenvalue weighted by molar-refractivity contribution is 8.00. The van der Waals surface area contributed by atoms with Gasteiger partial charge in [-0.15, -0.1) is 11.8 Å². The SMILES string of the molecule is CC(C)(C)c1ccc(SC2CCCCC2NC(=O)c2ccccc2)cc1. The Morgan fingerprint density at radius 3 is 2.27 bits per heavy atom. The van der Waals surface area contributed by atoms with Crippen LogP contribution in [0.5, 0.6) is 0 Å². The van der Waals surface area contributed by atoms with Crippen LogP contribution in [0.4, 0.5) is 0 Å². The second-order valence-corrected chi connectivity index (χ2v) is 9.47. The fraction of sp³-hybridized carbons (Fsp3) is 0.435. The van der Waals surface area contributed by atoms with Gasteiger partial charge in [0.05, 0.1) is 0 Å². The van der Waals surface area contributed by atoms with Crippen LogP contribution in [0, 0.1) is 0 Å². The Bertz CT molecular complexity index is 718. The van der Waals surface area contributed by atoms with E-state index >= 15 is 0 Å². The minimum absolute atomic E-state index is 0.0474. The molecule has 1 N–H and O–H groups in total. The molecule has 0 heterocycles. The summed E-state index contributed by atoms with van der Waals surface area (Å²) < 4.78 is 0. The normalized spacial score (nSPS) is 20.6. The Hall–Kier alpha value is -1.74. The molecule has 1 fully saturated rings. The molecular weight excluding hydrogens is 338 g/mol. The lowest BCUT2D eigenvalue weighted by atomic mass is 9.87. The summed E-state index contributed by atoms with van der Waals surface area (Å²) in [5.41, 5.74) is 2.29. The minimum atomic E-state index is 0.0474. The van der Waals surface area contributed by atoms with Crippen molar-refractivity contribution in [3.63, 3.8) is 0 Å². The zero-order valence-corrected chi connectivity index (χ0v) is 16.8. The maximum Gasteiger partial charge on any atom is 0.251 e. The van der Waals surface area contributed by atoms with Gasteiger partial charge in [-0.05, 0) is 48.1 Å². The summed E-state index contributed by atoms with van der Waals surface area (Å²) in [4.78, 5) is 13.8. The van der Waals surface area contributed by atoms with Crippen molar-refractivity contribution in [1.82, 2.24) is 5.32 Å². The van der Waals surface area contributed by atoms with Crippen LogP contribution in [0.15, 0.2) is 59.5 Å². The van der Waals surface area contributed by atoms with Crippen molar-refractivity contribution in [1.29, 1.82) is 0 Å². The van der Waals surface area contributed by atoms with Gasteiger partial charge >= 0.3 is 0 Å². The number of amides is 1. The average molecular weight is 368 g/mol. The molecule has 3 heteroatoms. The van der Waals surface area contributed by atoms with Crippen molar-refractivity contribution in [3.05, 3.63) is 65.7 Å². The molecule has 0 radical (unpaired) electrons. The predicted octanol–water partition coefficient (Wildman–Crippen LogP) is 5.82. The molecule has 0 bridgehead atoms. The van der Waals surface area contributed by atoms with Crippen LogP contribution in [0.25, 0.3) is 0 Å². The standard InChI is InChI=1S/C23H29NOS/c1-23(2,3)18-13-15-19(16-14-18)26-21-12-8-7-11-20(21)24-22(25)17-9-5-4-6-10-17/h4-6,9-10,13-16,20-21H,7-8,11-12H2,1-3H3,(H,24,25). The number of carbonyl (C=O) groups is 1. The van der Waals surface area contributed by atoms with Gasteiger partial charge in [-0.1, -0.05) is 63.9 Å². The van der Waals surface area contributed by atoms with E-state index in [1.54, 1.807) is 0 Å². The molecule has 0 aliphatic heterocycles. The van der Waals surface area contributed by atoms with E-state index in [1.807, 2.05) is 42.1 Å². The predicted molar refractivity (Wildman–Crippen MR) is 111 cm³/mol. The smallest absolute Gasteiger partial charge is 0.251 e. The fourth-order valence-electron chi connectivity index (χ4n) is 3.45. The molecule has 2 aromatic rings. The van der Waals surface area contributed by atoms with E-state index in [0.717, 1.165) is 18.4 Å². The molecule has 0 saturated heterocycles. The third kappa shape index (κ3) is 4.91. The Kier molecular flexibility index (Phi) is 6.08. The first kappa shape index (κ1) is 19.0. The van der Waals surface area contributed by atoms with Crippen molar-refractivity contribution >= 4 is 17.7 Å². The van der Waals surface area contributed by atoms with Crippen LogP contribution < -0.4 is 5.32 Å². The first-order chi connectivity index (χ1) is 12.4. The van der Waals surface area contributed by atoms with Gasteiger partial charge in [0.15, 0.2) is 0 Å². The van der Waals surface area contributed by atoms with Gasteiger partial charge < -0.3 is 5.32 Å². The number of nitrogens with one attached hydrogen (secondary N) is 1. The quantitative estimate of drug-likeness (QED) is 0.738. The maximum absolute atomic E-state index is 12.5. The highest BCUT2D eigenvalue weighted by Gasteiger charge is 2.27. The number of hydrogen-bond acceptors (Lipinski definition) is 2. The summed E-state index contributed by atoms with van der Waals surface area (Å²) in [6.07, 6.45) is 4.66. The summed E-state index contributed by atoms with van der Waals surface area (Å²) in [5, 5.41) is 3.72. The Morgan fingerprint density at radius 2 is 1.62 bits per heavy atom. The summed E-state index contributed by atoms with van der Waals surface area (Å²) in [7, 11) is 0. The van der Waals surface area contributed by atoms with Crippen LogP contribution in [0.2, 0.25) is 0 Å². The first-order valence-corrected chi connectivity index (χ1v) is 10.4. The van der Waals surface area contributed by atoms with Gasteiger partial charge in [-0.3, -0.25) is 4.79 Å². The molecule has 2 atom stereocenters. The third-order valence-corrected chi connectivity index (χ3v) is 6.47. The number of rotatable bonds is 4. The van der Waals surface area contributed by atoms with E-state index in [1.165, 1.54) is 23.3 Å². The molecule has 2 unspecified atom stereocenters. The average Bonchev–Trinajstić information content (AvgIpc) is 2.64. The van der Waals surface area contributed by atoms with Crippen LogP contribution in [-0.2, 0) is 5.41 Å². The van der Waals surface area contributed by atoms with E-state index in [9.17, 15) is 4.79 Å². The zero-order chi connectivity index (χ0) is 18.6. The van der Waals surface area contributed by atoms with Crippen LogP contribution in [-0.4, -0.2) is 17.2 Å². The monoisotopic (exact) mass is 367 g/mol. The van der Waals surface area contributed by atoms with Gasteiger partial charge in [0.1, 0.15) is 0 Å². The maximum atomic E-state index is 12.5. The van der Waals surface area contributed by atoms with Gasteiger partial charge in [0.25, 0.3) is 5.91 Å². The van der Waals surface area contributed by atoms with Gasteiger partial charge in [-0.25, -0.2) is 0 Å². The molecule has 0 spiro atoms. The van der Waals surface area contributed by atoms with Crippen molar-refractivity contribution < 1.29 is 4.79 Å². The highest BCUT2D eigenvalue weighted by atomic mass is 32.2. The Morgan fingerprint density at radius 1 is 0.962 bits per heavy atom. The molecule has 138 valence electrons. The summed E-state index contributed by atoms with van der Waals surface area (Å²) in [6, 6.07) is 18.7. The summed E-state index contributed by atoms with van der Waals surface area (Å²) in [5.74, 6) is 0.0474. The van der Waals surface area contributed by atoms with Crippen LogP contribution in [0.3, 0.4) is 0 Å². The van der Waals surface area contributed by atoms with Crippen LogP contribution >= 0.6 is 11.8 Å². The molecule has 1 aliphatic rings. The van der Waals surface area contributed by atoms with Gasteiger partial charge in [-0.2, -0.15) is 0 Å². The lowest BCUT2D eigenvalue weighted by molar-refractivity contribution is 0.0929. The molecule has 0 aromatic heterocycles. The lowest BCUT2D eigenvalue weighted by Gasteiger charge is -2.32. The molecule has 2 nitrogen and oxygen atoms in total. The lowest BCUT2D eigenvalue weighted by Crippen LogP contribution is -2.43. The van der Waals surface area contributed by atoms with E-state index in [0.29, 0.717) is 5.25 Å².